The van der Waals surface area contributed by atoms with E-state index in [4.69, 9.17) is 14.2 Å². The molecular weight excluding hydrogens is 375 g/mol. The van der Waals surface area contributed by atoms with Crippen molar-refractivity contribution >= 4 is 5.96 Å². The monoisotopic (exact) mass is 404 g/mol. The van der Waals surface area contributed by atoms with E-state index in [-0.39, 0.29) is 11.9 Å². The summed E-state index contributed by atoms with van der Waals surface area (Å²) in [6.45, 7) is 3.97. The summed E-state index contributed by atoms with van der Waals surface area (Å²) in [4.78, 5) is 8.50. The van der Waals surface area contributed by atoms with E-state index in [0.717, 1.165) is 12.0 Å². The molecule has 158 valence electrons. The van der Waals surface area contributed by atoms with Crippen LogP contribution in [0.1, 0.15) is 18.9 Å². The van der Waals surface area contributed by atoms with Gasteiger partial charge in [0.15, 0.2) is 5.96 Å². The Morgan fingerprint density at radius 1 is 1.21 bits per heavy atom. The lowest BCUT2D eigenvalue weighted by atomic mass is 10.2. The van der Waals surface area contributed by atoms with Crippen molar-refractivity contribution in [2.75, 3.05) is 33.9 Å². The summed E-state index contributed by atoms with van der Waals surface area (Å²) in [5, 5.41) is 6.48. The van der Waals surface area contributed by atoms with Crippen molar-refractivity contribution in [1.82, 2.24) is 15.6 Å². The van der Waals surface area contributed by atoms with E-state index < -0.39 is 0 Å². The quantitative estimate of drug-likeness (QED) is 0.341. The van der Waals surface area contributed by atoms with Gasteiger partial charge in [-0.3, -0.25) is 4.99 Å². The number of rotatable bonds is 11. The van der Waals surface area contributed by atoms with Crippen LogP contribution < -0.4 is 20.1 Å². The summed E-state index contributed by atoms with van der Waals surface area (Å²) >= 11 is 0. The van der Waals surface area contributed by atoms with E-state index in [1.54, 1.807) is 32.5 Å². The number of pyridine rings is 1. The Labute approximate surface area is 171 Å². The van der Waals surface area contributed by atoms with Crippen LogP contribution in [0.3, 0.4) is 0 Å². The van der Waals surface area contributed by atoms with Gasteiger partial charge in [0, 0.05) is 38.5 Å². The Bertz CT molecular complexity index is 773. The molecule has 1 atom stereocenters. The summed E-state index contributed by atoms with van der Waals surface area (Å²) < 4.78 is 29.8. The molecule has 8 heteroatoms. The van der Waals surface area contributed by atoms with Crippen molar-refractivity contribution in [1.29, 1.82) is 0 Å². The first-order valence-corrected chi connectivity index (χ1v) is 9.58. The summed E-state index contributed by atoms with van der Waals surface area (Å²) in [5.74, 6) is 1.38. The predicted octanol–water partition coefficient (Wildman–Crippen LogP) is 2.77. The van der Waals surface area contributed by atoms with Crippen LogP contribution in [0.5, 0.6) is 11.6 Å². The first kappa shape index (κ1) is 22.4. The molecule has 0 bridgehead atoms. The average molecular weight is 404 g/mol. The Hall–Kier alpha value is -2.87. The molecule has 0 aliphatic carbocycles. The SMILES string of the molecule is CCC(CNC(=NC)NCc1cccnc1OCCOC)Oc1cccc(F)c1. The van der Waals surface area contributed by atoms with Crippen LogP contribution in [0.25, 0.3) is 0 Å². The van der Waals surface area contributed by atoms with Gasteiger partial charge >= 0.3 is 0 Å². The van der Waals surface area contributed by atoms with Crippen molar-refractivity contribution in [2.24, 2.45) is 4.99 Å². The third-order valence-electron chi connectivity index (χ3n) is 4.10. The van der Waals surface area contributed by atoms with E-state index in [2.05, 4.69) is 20.6 Å². The minimum Gasteiger partial charge on any atom is -0.489 e. The highest BCUT2D eigenvalue weighted by Gasteiger charge is 2.11. The number of aromatic nitrogens is 1. The van der Waals surface area contributed by atoms with Gasteiger partial charge in [0.25, 0.3) is 0 Å². The summed E-state index contributed by atoms with van der Waals surface area (Å²) in [6, 6.07) is 9.94. The third kappa shape index (κ3) is 7.95. The van der Waals surface area contributed by atoms with Gasteiger partial charge in [-0.1, -0.05) is 19.1 Å². The van der Waals surface area contributed by atoms with Gasteiger partial charge in [0.05, 0.1) is 13.2 Å². The second kappa shape index (κ2) is 12.6. The van der Waals surface area contributed by atoms with Crippen molar-refractivity contribution in [3.63, 3.8) is 0 Å². The fourth-order valence-electron chi connectivity index (χ4n) is 2.52. The predicted molar refractivity (Wildman–Crippen MR) is 111 cm³/mol. The smallest absolute Gasteiger partial charge is 0.218 e. The number of guanidine groups is 1. The van der Waals surface area contributed by atoms with Gasteiger partial charge in [-0.05, 0) is 24.6 Å². The van der Waals surface area contributed by atoms with Crippen molar-refractivity contribution < 1.29 is 18.6 Å². The van der Waals surface area contributed by atoms with Crippen molar-refractivity contribution in [3.8, 4) is 11.6 Å². The Balaban J connectivity index is 1.86. The van der Waals surface area contributed by atoms with Gasteiger partial charge in [0.1, 0.15) is 24.3 Å². The number of nitrogens with zero attached hydrogens (tertiary/aromatic N) is 2. The molecule has 0 saturated heterocycles. The maximum Gasteiger partial charge on any atom is 0.218 e. The number of aliphatic imine (C=N–C) groups is 1. The highest BCUT2D eigenvalue weighted by atomic mass is 19.1. The summed E-state index contributed by atoms with van der Waals surface area (Å²) in [7, 11) is 3.32. The zero-order chi connectivity index (χ0) is 20.9. The van der Waals surface area contributed by atoms with Crippen molar-refractivity contribution in [2.45, 2.75) is 26.0 Å². The van der Waals surface area contributed by atoms with Gasteiger partial charge in [0.2, 0.25) is 5.88 Å². The van der Waals surface area contributed by atoms with E-state index in [9.17, 15) is 4.39 Å². The highest BCUT2D eigenvalue weighted by molar-refractivity contribution is 5.79. The number of methoxy groups -OCH3 is 1. The molecule has 2 aromatic rings. The lowest BCUT2D eigenvalue weighted by Crippen LogP contribution is -2.42. The molecule has 0 aliphatic heterocycles. The molecule has 29 heavy (non-hydrogen) atoms. The number of nitrogens with one attached hydrogen (secondary N) is 2. The molecule has 0 saturated carbocycles. The molecule has 7 nitrogen and oxygen atoms in total. The second-order valence-corrected chi connectivity index (χ2v) is 6.22. The zero-order valence-electron chi connectivity index (χ0n) is 17.2. The van der Waals surface area contributed by atoms with E-state index in [1.165, 1.54) is 12.1 Å². The number of benzene rings is 1. The molecule has 0 amide bonds. The molecule has 0 fully saturated rings. The average Bonchev–Trinajstić information content (AvgIpc) is 2.74. The number of hydrogen-bond acceptors (Lipinski definition) is 5. The van der Waals surface area contributed by atoms with Gasteiger partial charge < -0.3 is 24.8 Å². The third-order valence-corrected chi connectivity index (χ3v) is 4.10. The van der Waals surface area contributed by atoms with Crippen LogP contribution >= 0.6 is 0 Å². The fourth-order valence-corrected chi connectivity index (χ4v) is 2.52. The van der Waals surface area contributed by atoms with Crippen LogP contribution in [-0.2, 0) is 11.3 Å². The van der Waals surface area contributed by atoms with Crippen molar-refractivity contribution in [3.05, 3.63) is 54.0 Å². The molecule has 1 aromatic heterocycles. The fraction of sp³-hybridized carbons (Fsp3) is 0.429. The largest absolute Gasteiger partial charge is 0.489 e. The van der Waals surface area contributed by atoms with Crippen LogP contribution in [0.15, 0.2) is 47.6 Å². The minimum atomic E-state index is -0.317. The van der Waals surface area contributed by atoms with Crippen LogP contribution in [0.2, 0.25) is 0 Å². The number of hydrogen-bond donors (Lipinski definition) is 2. The summed E-state index contributed by atoms with van der Waals surface area (Å²) in [6.07, 6.45) is 2.33. The second-order valence-electron chi connectivity index (χ2n) is 6.22. The summed E-state index contributed by atoms with van der Waals surface area (Å²) in [5.41, 5.74) is 0.912. The lowest BCUT2D eigenvalue weighted by Gasteiger charge is -2.20. The molecule has 0 spiro atoms. The highest BCUT2D eigenvalue weighted by Crippen LogP contribution is 2.15. The van der Waals surface area contributed by atoms with Gasteiger partial charge in [-0.15, -0.1) is 0 Å². The molecule has 0 aliphatic rings. The molecular formula is C21H29FN4O3. The van der Waals surface area contributed by atoms with Crippen LogP contribution in [0, 0.1) is 5.82 Å². The molecule has 1 heterocycles. The maximum atomic E-state index is 13.3. The van der Waals surface area contributed by atoms with Crippen LogP contribution in [0.4, 0.5) is 4.39 Å². The van der Waals surface area contributed by atoms with Gasteiger partial charge in [-0.25, -0.2) is 9.37 Å². The normalized spacial score (nSPS) is 12.3. The first-order valence-electron chi connectivity index (χ1n) is 9.58. The van der Waals surface area contributed by atoms with Crippen LogP contribution in [-0.4, -0.2) is 51.0 Å². The van der Waals surface area contributed by atoms with E-state index >= 15 is 0 Å². The number of ether oxygens (including phenoxy) is 3. The van der Waals surface area contributed by atoms with Gasteiger partial charge in [-0.2, -0.15) is 0 Å². The Morgan fingerprint density at radius 2 is 2.07 bits per heavy atom. The standard InChI is InChI=1S/C21H29FN4O3/c1-4-18(29-19-9-5-8-17(22)13-19)15-26-21(23-2)25-14-16-7-6-10-24-20(16)28-12-11-27-3/h5-10,13,18H,4,11-12,14-15H2,1-3H3,(H2,23,25,26). The molecule has 0 radical (unpaired) electrons. The first-order chi connectivity index (χ1) is 14.2. The molecule has 2 rings (SSSR count). The Kier molecular flexibility index (Phi) is 9.71. The lowest BCUT2D eigenvalue weighted by molar-refractivity contribution is 0.143. The molecule has 1 unspecified atom stereocenters. The zero-order valence-corrected chi connectivity index (χ0v) is 17.2. The Morgan fingerprint density at radius 3 is 2.79 bits per heavy atom. The van der Waals surface area contributed by atoms with E-state index in [1.807, 2.05) is 19.1 Å². The molecule has 2 N–H and O–H groups in total. The van der Waals surface area contributed by atoms with E-state index in [0.29, 0.717) is 43.9 Å². The topological polar surface area (TPSA) is 77.0 Å². The minimum absolute atomic E-state index is 0.123. The molecule has 1 aromatic carbocycles. The number of halogens is 1. The maximum absolute atomic E-state index is 13.3.